The van der Waals surface area contributed by atoms with Crippen LogP contribution in [0.1, 0.15) is 50.7 Å². The minimum absolute atomic E-state index is 0.0284. The first-order valence-electron chi connectivity index (χ1n) is 12.5. The van der Waals surface area contributed by atoms with Crippen LogP contribution in [0.2, 0.25) is 0 Å². The number of anilines is 2. The molecule has 0 atom stereocenters. The summed E-state index contributed by atoms with van der Waals surface area (Å²) in [4.78, 5) is 23.2. The van der Waals surface area contributed by atoms with Gasteiger partial charge in [0.25, 0.3) is 0 Å². The fourth-order valence-electron chi connectivity index (χ4n) is 4.67. The molecular weight excluding hydrogens is 528 g/mol. The topological polar surface area (TPSA) is 133 Å². The van der Waals surface area contributed by atoms with Gasteiger partial charge in [-0.05, 0) is 61.1 Å². The van der Waals surface area contributed by atoms with Crippen molar-refractivity contribution in [1.82, 2.24) is 8.61 Å². The SMILES string of the molecule is CC(=O)Nc1ccc(/C=C/c2ccc(NC(C)=O)cc2S(=O)(=O)N2CCCC2)c(S(=O)(=O)N2CCCC2)c1. The Bertz CT molecular complexity index is 1360. The molecule has 204 valence electrons. The molecule has 4 rings (SSSR count). The highest BCUT2D eigenvalue weighted by atomic mass is 32.2. The van der Waals surface area contributed by atoms with Gasteiger partial charge in [-0.2, -0.15) is 8.61 Å². The van der Waals surface area contributed by atoms with Gasteiger partial charge in [0.05, 0.1) is 9.79 Å². The van der Waals surface area contributed by atoms with Crippen LogP contribution < -0.4 is 10.6 Å². The zero-order valence-electron chi connectivity index (χ0n) is 21.4. The molecular formula is C26H32N4O6S2. The maximum Gasteiger partial charge on any atom is 0.243 e. The molecule has 38 heavy (non-hydrogen) atoms. The van der Waals surface area contributed by atoms with E-state index in [-0.39, 0.29) is 21.6 Å². The third kappa shape index (κ3) is 6.15. The lowest BCUT2D eigenvalue weighted by Gasteiger charge is -2.19. The Kier molecular flexibility index (Phi) is 8.36. The number of benzene rings is 2. The first-order valence-corrected chi connectivity index (χ1v) is 15.4. The highest BCUT2D eigenvalue weighted by Gasteiger charge is 2.31. The number of hydrogen-bond donors (Lipinski definition) is 2. The molecule has 10 nitrogen and oxygen atoms in total. The second-order valence-corrected chi connectivity index (χ2v) is 13.2. The maximum atomic E-state index is 13.5. The van der Waals surface area contributed by atoms with Gasteiger partial charge in [0.1, 0.15) is 0 Å². The summed E-state index contributed by atoms with van der Waals surface area (Å²) in [5.41, 5.74) is 1.43. The predicted molar refractivity (Wildman–Crippen MR) is 146 cm³/mol. The first kappa shape index (κ1) is 28.0. The number of carbonyl (C=O) groups excluding carboxylic acids is 2. The van der Waals surface area contributed by atoms with Crippen LogP contribution in [0.5, 0.6) is 0 Å². The Labute approximate surface area is 223 Å². The van der Waals surface area contributed by atoms with Gasteiger partial charge in [0, 0.05) is 51.4 Å². The van der Waals surface area contributed by atoms with Crippen LogP contribution in [0.25, 0.3) is 12.2 Å². The van der Waals surface area contributed by atoms with Crippen LogP contribution in [0, 0.1) is 0 Å². The van der Waals surface area contributed by atoms with Gasteiger partial charge in [-0.1, -0.05) is 24.3 Å². The van der Waals surface area contributed by atoms with Gasteiger partial charge in [-0.25, -0.2) is 16.8 Å². The number of carbonyl (C=O) groups is 2. The van der Waals surface area contributed by atoms with Crippen LogP contribution in [-0.4, -0.2) is 63.4 Å². The van der Waals surface area contributed by atoms with Crippen LogP contribution in [0.4, 0.5) is 11.4 Å². The number of rotatable bonds is 8. The Balaban J connectivity index is 1.79. The molecule has 2 aromatic carbocycles. The molecule has 2 saturated heterocycles. The van der Waals surface area contributed by atoms with Crippen LogP contribution in [0.15, 0.2) is 46.2 Å². The Morgan fingerprint density at radius 1 is 0.658 bits per heavy atom. The average molecular weight is 561 g/mol. The summed E-state index contributed by atoms with van der Waals surface area (Å²) in [6, 6.07) is 9.24. The van der Waals surface area contributed by atoms with Crippen molar-refractivity contribution in [1.29, 1.82) is 0 Å². The molecule has 0 aliphatic carbocycles. The summed E-state index contributed by atoms with van der Waals surface area (Å²) in [5, 5.41) is 5.25. The standard InChI is InChI=1S/C26H32N4O6S2/c1-19(31)27-23-11-9-21(25(17-23)37(33,34)29-13-3-4-14-29)7-8-22-10-12-24(28-20(2)32)18-26(22)38(35,36)30-15-5-6-16-30/h7-12,17-18H,3-6,13-16H2,1-2H3,(H,27,31)(H,28,32)/b8-7+. The van der Waals surface area contributed by atoms with Crippen molar-refractivity contribution in [2.24, 2.45) is 0 Å². The Hall–Kier alpha value is -3.06. The molecule has 0 unspecified atom stereocenters. The Morgan fingerprint density at radius 3 is 1.32 bits per heavy atom. The zero-order chi connectivity index (χ0) is 27.5. The maximum absolute atomic E-state index is 13.5. The van der Waals surface area contributed by atoms with E-state index in [4.69, 9.17) is 0 Å². The smallest absolute Gasteiger partial charge is 0.243 e. The molecule has 0 radical (unpaired) electrons. The van der Waals surface area contributed by atoms with Crippen molar-refractivity contribution >= 4 is 55.4 Å². The van der Waals surface area contributed by atoms with Crippen molar-refractivity contribution in [3.05, 3.63) is 47.5 Å². The first-order chi connectivity index (χ1) is 18.0. The second kappa shape index (κ2) is 11.4. The number of amides is 2. The molecule has 0 bridgehead atoms. The lowest BCUT2D eigenvalue weighted by Crippen LogP contribution is -2.28. The van der Waals surface area contributed by atoms with E-state index in [9.17, 15) is 26.4 Å². The number of hydrogen-bond acceptors (Lipinski definition) is 6. The molecule has 2 N–H and O–H groups in total. The van der Waals surface area contributed by atoms with E-state index in [2.05, 4.69) is 10.6 Å². The molecule has 2 aliphatic rings. The number of sulfonamides is 2. The molecule has 12 heteroatoms. The van der Waals surface area contributed by atoms with E-state index in [1.54, 1.807) is 36.4 Å². The minimum atomic E-state index is -3.85. The summed E-state index contributed by atoms with van der Waals surface area (Å²) in [6.07, 6.45) is 6.22. The average Bonchev–Trinajstić information content (AvgIpc) is 3.58. The van der Waals surface area contributed by atoms with E-state index < -0.39 is 20.0 Å². The molecule has 2 fully saturated rings. The third-order valence-electron chi connectivity index (χ3n) is 6.48. The largest absolute Gasteiger partial charge is 0.326 e. The van der Waals surface area contributed by atoms with Gasteiger partial charge in [-0.15, -0.1) is 0 Å². The van der Waals surface area contributed by atoms with Crippen LogP contribution >= 0.6 is 0 Å². The van der Waals surface area contributed by atoms with Crippen molar-refractivity contribution < 1.29 is 26.4 Å². The van der Waals surface area contributed by atoms with Crippen molar-refractivity contribution in [3.8, 4) is 0 Å². The van der Waals surface area contributed by atoms with Crippen molar-refractivity contribution in [3.63, 3.8) is 0 Å². The molecule has 0 spiro atoms. The molecule has 0 saturated carbocycles. The normalized spacial score (nSPS) is 17.2. The van der Waals surface area contributed by atoms with Gasteiger partial charge in [0.15, 0.2) is 0 Å². The summed E-state index contributed by atoms with van der Waals surface area (Å²) >= 11 is 0. The minimum Gasteiger partial charge on any atom is -0.326 e. The second-order valence-electron chi connectivity index (χ2n) is 9.42. The number of nitrogens with zero attached hydrogens (tertiary/aromatic N) is 2. The summed E-state index contributed by atoms with van der Waals surface area (Å²) < 4.78 is 56.8. The van der Waals surface area contributed by atoms with Gasteiger partial charge in [0.2, 0.25) is 31.9 Å². The summed E-state index contributed by atoms with van der Waals surface area (Å²) in [5.74, 6) is -0.650. The third-order valence-corrected chi connectivity index (χ3v) is 10.4. The van der Waals surface area contributed by atoms with E-state index >= 15 is 0 Å². The Morgan fingerprint density at radius 2 is 1.00 bits per heavy atom. The molecule has 2 aromatic rings. The van der Waals surface area contributed by atoms with E-state index in [0.29, 0.717) is 48.7 Å². The highest BCUT2D eigenvalue weighted by molar-refractivity contribution is 7.89. The van der Waals surface area contributed by atoms with Crippen LogP contribution in [0.3, 0.4) is 0 Å². The lowest BCUT2D eigenvalue weighted by atomic mass is 10.1. The fourth-order valence-corrected chi connectivity index (χ4v) is 8.12. The summed E-state index contributed by atoms with van der Waals surface area (Å²) in [6.45, 7) is 4.35. The molecule has 2 amide bonds. The zero-order valence-corrected chi connectivity index (χ0v) is 23.1. The van der Waals surface area contributed by atoms with E-state index in [1.165, 1.54) is 34.6 Å². The van der Waals surface area contributed by atoms with Gasteiger partial charge < -0.3 is 10.6 Å². The molecule has 2 heterocycles. The lowest BCUT2D eigenvalue weighted by molar-refractivity contribution is -0.115. The predicted octanol–water partition coefficient (Wildman–Crippen LogP) is 3.34. The monoisotopic (exact) mass is 560 g/mol. The quantitative estimate of drug-likeness (QED) is 0.476. The number of nitrogens with one attached hydrogen (secondary N) is 2. The highest BCUT2D eigenvalue weighted by Crippen LogP contribution is 2.31. The fraction of sp³-hybridized carbons (Fsp3) is 0.385. The molecule has 2 aliphatic heterocycles. The van der Waals surface area contributed by atoms with Crippen molar-refractivity contribution in [2.75, 3.05) is 36.8 Å². The van der Waals surface area contributed by atoms with Gasteiger partial charge in [-0.3, -0.25) is 9.59 Å². The molecule has 0 aromatic heterocycles. The summed E-state index contributed by atoms with van der Waals surface area (Å²) in [7, 11) is -7.69. The van der Waals surface area contributed by atoms with Crippen LogP contribution in [-0.2, 0) is 29.6 Å². The van der Waals surface area contributed by atoms with E-state index in [0.717, 1.165) is 25.7 Å². The van der Waals surface area contributed by atoms with Crippen molar-refractivity contribution in [2.45, 2.75) is 49.3 Å². The van der Waals surface area contributed by atoms with E-state index in [1.807, 2.05) is 0 Å². The van der Waals surface area contributed by atoms with Gasteiger partial charge >= 0.3 is 0 Å².